The van der Waals surface area contributed by atoms with E-state index in [1.54, 1.807) is 11.8 Å². The molecular formula is C18H31N5S. The minimum absolute atomic E-state index is 0.127. The molecule has 0 radical (unpaired) electrons. The van der Waals surface area contributed by atoms with Gasteiger partial charge in [-0.1, -0.05) is 31.9 Å². The predicted octanol–water partition coefficient (Wildman–Crippen LogP) is 2.79. The fourth-order valence-corrected chi connectivity index (χ4v) is 3.91. The van der Waals surface area contributed by atoms with Gasteiger partial charge in [0.1, 0.15) is 6.17 Å². The maximum absolute atomic E-state index is 3.72. The molecule has 0 aliphatic carbocycles. The van der Waals surface area contributed by atoms with E-state index < -0.39 is 0 Å². The highest BCUT2D eigenvalue weighted by atomic mass is 32.2. The van der Waals surface area contributed by atoms with E-state index in [0.717, 1.165) is 12.5 Å². The van der Waals surface area contributed by atoms with Crippen LogP contribution in [0.3, 0.4) is 0 Å². The van der Waals surface area contributed by atoms with E-state index >= 15 is 0 Å². The van der Waals surface area contributed by atoms with Crippen LogP contribution < -0.4 is 21.7 Å². The molecule has 2 saturated heterocycles. The Labute approximate surface area is 150 Å². The van der Waals surface area contributed by atoms with Crippen molar-refractivity contribution in [2.75, 3.05) is 19.3 Å². The van der Waals surface area contributed by atoms with Crippen molar-refractivity contribution in [2.45, 2.75) is 56.1 Å². The summed E-state index contributed by atoms with van der Waals surface area (Å²) in [5.74, 6) is 0.876. The molecule has 4 N–H and O–H groups in total. The molecule has 5 nitrogen and oxygen atoms in total. The molecule has 3 atom stereocenters. The highest BCUT2D eigenvalue weighted by Gasteiger charge is 2.26. The molecule has 0 bridgehead atoms. The Kier molecular flexibility index (Phi) is 6.95. The summed E-state index contributed by atoms with van der Waals surface area (Å²) in [6, 6.07) is 9.26. The maximum atomic E-state index is 3.72. The number of hydrogen-bond donors (Lipinski definition) is 4. The Bertz CT molecular complexity index is 487. The largest absolute Gasteiger partial charge is 0.312 e. The van der Waals surface area contributed by atoms with Crippen molar-refractivity contribution in [3.63, 3.8) is 0 Å². The van der Waals surface area contributed by atoms with Crippen LogP contribution in [-0.4, -0.2) is 30.5 Å². The third-order valence-electron chi connectivity index (χ3n) is 5.07. The molecular weight excluding hydrogens is 318 g/mol. The van der Waals surface area contributed by atoms with E-state index in [1.807, 2.05) is 0 Å². The maximum Gasteiger partial charge on any atom is 0.112 e. The molecule has 3 rings (SSSR count). The van der Waals surface area contributed by atoms with Crippen molar-refractivity contribution in [2.24, 2.45) is 5.92 Å². The van der Waals surface area contributed by atoms with Gasteiger partial charge in [-0.3, -0.25) is 0 Å². The van der Waals surface area contributed by atoms with E-state index in [2.05, 4.69) is 64.3 Å². The lowest BCUT2D eigenvalue weighted by Gasteiger charge is -2.32. The number of thioether (sulfide) groups is 1. The van der Waals surface area contributed by atoms with Gasteiger partial charge in [0.15, 0.2) is 0 Å². The van der Waals surface area contributed by atoms with Gasteiger partial charge in [0, 0.05) is 17.5 Å². The molecule has 2 aliphatic rings. The quantitative estimate of drug-likeness (QED) is 0.568. The Morgan fingerprint density at radius 1 is 1.21 bits per heavy atom. The fourth-order valence-electron chi connectivity index (χ4n) is 3.51. The van der Waals surface area contributed by atoms with Crippen LogP contribution >= 0.6 is 11.8 Å². The van der Waals surface area contributed by atoms with Crippen molar-refractivity contribution in [3.05, 3.63) is 29.8 Å². The predicted molar refractivity (Wildman–Crippen MR) is 101 cm³/mol. The number of piperidine rings is 1. The third kappa shape index (κ3) is 4.94. The zero-order valence-electron chi connectivity index (χ0n) is 14.8. The van der Waals surface area contributed by atoms with Gasteiger partial charge >= 0.3 is 0 Å². The molecule has 1 aromatic carbocycles. The standard InChI is InChI=1S/C18H31N5S/c1-3-4-5-14-6-9-16(19-12-14)13-23-21-18(20-22-23)15-7-10-17(24-2)11-8-15/h7-8,10-11,14,16,18-22H,3-6,9,12-13H2,1-2H3. The first kappa shape index (κ1) is 18.2. The van der Waals surface area contributed by atoms with Crippen molar-refractivity contribution in [1.82, 2.24) is 26.8 Å². The minimum Gasteiger partial charge on any atom is -0.312 e. The summed E-state index contributed by atoms with van der Waals surface area (Å²) in [5.41, 5.74) is 11.3. The Hall–Kier alpha value is -0.630. The molecule has 0 saturated carbocycles. The average molecular weight is 350 g/mol. The Morgan fingerprint density at radius 2 is 2.04 bits per heavy atom. The van der Waals surface area contributed by atoms with E-state index in [9.17, 15) is 0 Å². The Balaban J connectivity index is 1.41. The van der Waals surface area contributed by atoms with Crippen molar-refractivity contribution < 1.29 is 0 Å². The second kappa shape index (κ2) is 9.17. The molecule has 2 fully saturated rings. The first-order valence-corrected chi connectivity index (χ1v) is 10.4. The lowest BCUT2D eigenvalue weighted by Crippen LogP contribution is -2.51. The number of benzene rings is 1. The van der Waals surface area contributed by atoms with Crippen molar-refractivity contribution >= 4 is 11.8 Å². The van der Waals surface area contributed by atoms with E-state index in [4.69, 9.17) is 0 Å². The fraction of sp³-hybridized carbons (Fsp3) is 0.667. The number of unbranched alkanes of at least 4 members (excludes halogenated alkanes) is 1. The SMILES string of the molecule is CCCCC1CCC(CN2NNC(c3ccc(SC)cc3)N2)NC1. The average Bonchev–Trinajstić information content (AvgIpc) is 3.10. The monoisotopic (exact) mass is 349 g/mol. The topological polar surface area (TPSA) is 51.4 Å². The normalized spacial score (nSPS) is 28.3. The molecule has 2 aliphatic heterocycles. The van der Waals surface area contributed by atoms with Gasteiger partial charge in [-0.25, -0.2) is 10.9 Å². The van der Waals surface area contributed by atoms with Crippen LogP contribution in [-0.2, 0) is 0 Å². The van der Waals surface area contributed by atoms with Crippen LogP contribution in [0.5, 0.6) is 0 Å². The summed E-state index contributed by atoms with van der Waals surface area (Å²) in [6.07, 6.45) is 8.92. The summed E-state index contributed by atoms with van der Waals surface area (Å²) in [5, 5.41) is 5.80. The summed E-state index contributed by atoms with van der Waals surface area (Å²) >= 11 is 1.77. The van der Waals surface area contributed by atoms with Crippen LogP contribution in [0.25, 0.3) is 0 Å². The van der Waals surface area contributed by atoms with Crippen LogP contribution in [0.4, 0.5) is 0 Å². The number of nitrogens with one attached hydrogen (secondary N) is 4. The zero-order valence-corrected chi connectivity index (χ0v) is 15.7. The minimum atomic E-state index is 0.127. The van der Waals surface area contributed by atoms with E-state index in [0.29, 0.717) is 6.04 Å². The molecule has 0 spiro atoms. The molecule has 6 heteroatoms. The van der Waals surface area contributed by atoms with Gasteiger partial charge in [-0.05, 0) is 55.7 Å². The highest BCUT2D eigenvalue weighted by molar-refractivity contribution is 7.98. The highest BCUT2D eigenvalue weighted by Crippen LogP contribution is 2.21. The summed E-state index contributed by atoms with van der Waals surface area (Å²) in [4.78, 5) is 1.30. The molecule has 134 valence electrons. The van der Waals surface area contributed by atoms with Crippen LogP contribution in [0, 0.1) is 5.92 Å². The zero-order chi connectivity index (χ0) is 16.8. The van der Waals surface area contributed by atoms with Gasteiger partial charge in [-0.15, -0.1) is 11.8 Å². The first-order chi connectivity index (χ1) is 11.8. The van der Waals surface area contributed by atoms with Crippen LogP contribution in [0.2, 0.25) is 0 Å². The first-order valence-electron chi connectivity index (χ1n) is 9.20. The summed E-state index contributed by atoms with van der Waals surface area (Å²) in [6.45, 7) is 4.42. The number of hydrazine groups is 3. The van der Waals surface area contributed by atoms with E-state index in [-0.39, 0.29) is 6.17 Å². The van der Waals surface area contributed by atoms with Gasteiger partial charge in [-0.2, -0.15) is 10.7 Å². The number of hydrogen-bond acceptors (Lipinski definition) is 6. The summed E-state index contributed by atoms with van der Waals surface area (Å²) in [7, 11) is 0. The molecule has 24 heavy (non-hydrogen) atoms. The van der Waals surface area contributed by atoms with Gasteiger partial charge in [0.25, 0.3) is 0 Å². The Morgan fingerprint density at radius 3 is 2.71 bits per heavy atom. The van der Waals surface area contributed by atoms with Gasteiger partial charge in [0.05, 0.1) is 0 Å². The molecule has 2 heterocycles. The number of rotatable bonds is 7. The second-order valence-electron chi connectivity index (χ2n) is 6.89. The molecule has 0 amide bonds. The van der Waals surface area contributed by atoms with Crippen LogP contribution in [0.15, 0.2) is 29.2 Å². The molecule has 3 unspecified atom stereocenters. The lowest BCUT2D eigenvalue weighted by atomic mass is 9.90. The summed E-state index contributed by atoms with van der Waals surface area (Å²) < 4.78 is 0. The molecule has 1 aromatic rings. The number of nitrogens with zero attached hydrogens (tertiary/aromatic N) is 1. The van der Waals surface area contributed by atoms with Gasteiger partial charge < -0.3 is 5.32 Å². The third-order valence-corrected chi connectivity index (χ3v) is 5.81. The van der Waals surface area contributed by atoms with Gasteiger partial charge in [0.2, 0.25) is 0 Å². The van der Waals surface area contributed by atoms with Crippen LogP contribution in [0.1, 0.15) is 50.8 Å². The molecule has 0 aromatic heterocycles. The second-order valence-corrected chi connectivity index (χ2v) is 7.77. The van der Waals surface area contributed by atoms with Crippen molar-refractivity contribution in [3.8, 4) is 0 Å². The lowest BCUT2D eigenvalue weighted by molar-refractivity contribution is 0.128. The smallest absolute Gasteiger partial charge is 0.112 e. The van der Waals surface area contributed by atoms with Crippen molar-refractivity contribution in [1.29, 1.82) is 0 Å². The van der Waals surface area contributed by atoms with E-state index in [1.165, 1.54) is 49.1 Å².